The molecule has 0 unspecified atom stereocenters. The first-order chi connectivity index (χ1) is 5.86. The van der Waals surface area contributed by atoms with Crippen molar-refractivity contribution in [2.45, 2.75) is 20.8 Å². The zero-order valence-corrected chi connectivity index (χ0v) is 7.81. The number of pyridine rings is 1. The van der Waals surface area contributed by atoms with Crippen LogP contribution in [0.1, 0.15) is 22.4 Å². The lowest BCUT2D eigenvalue weighted by Crippen LogP contribution is -1.99. The van der Waals surface area contributed by atoms with Crippen LogP contribution in [0.15, 0.2) is 12.1 Å². The van der Waals surface area contributed by atoms with Gasteiger partial charge in [-0.2, -0.15) is 0 Å². The van der Waals surface area contributed by atoms with Crippen molar-refractivity contribution in [1.29, 1.82) is 0 Å². The highest BCUT2D eigenvalue weighted by molar-refractivity contribution is 5.68. The lowest BCUT2D eigenvalue weighted by molar-refractivity contribution is 1.20. The number of hydrogen-bond donors (Lipinski definition) is 2. The second-order valence-corrected chi connectivity index (χ2v) is 2.38. The molecule has 0 atom stereocenters. The number of aromatic nitrogens is 1. The monoisotopic (exact) mass is 169 g/mol. The maximum Gasteiger partial charge on any atom is 0.151 e. The largest absolute Gasteiger partial charge is 0.365 e. The highest BCUT2D eigenvalue weighted by Crippen LogP contribution is 2.22. The molecule has 2 heterocycles. The molecule has 2 rings (SSSR count). The van der Waals surface area contributed by atoms with Gasteiger partial charge >= 0.3 is 0 Å². The van der Waals surface area contributed by atoms with Gasteiger partial charge in [0.05, 0.1) is 12.4 Å². The quantitative estimate of drug-likeness (QED) is 0.627. The minimum atomic E-state index is 0. The third-order valence-electron chi connectivity index (χ3n) is 1.57. The molecular weight excluding hydrogens is 150 g/mol. The van der Waals surface area contributed by atoms with E-state index in [1.807, 2.05) is 32.9 Å². The zero-order chi connectivity index (χ0) is 8.97. The smallest absolute Gasteiger partial charge is 0.151 e. The summed E-state index contributed by atoms with van der Waals surface area (Å²) in [5, 5.41) is 6.27. The summed E-state index contributed by atoms with van der Waals surface area (Å²) >= 11 is 0. The van der Waals surface area contributed by atoms with E-state index in [2.05, 4.69) is 15.6 Å². The van der Waals surface area contributed by atoms with Crippen molar-refractivity contribution in [2.24, 2.45) is 0 Å². The molecule has 2 N–H and O–H groups in total. The van der Waals surface area contributed by atoms with Gasteiger partial charge in [0, 0.05) is 8.55 Å². The van der Waals surface area contributed by atoms with Crippen LogP contribution in [0.5, 0.6) is 0 Å². The fraction of sp³-hybridized carbons (Fsp3) is 0.444. The average molecular weight is 169 g/mol. The number of hydrogen-bond acceptors (Lipinski definition) is 3. The predicted molar refractivity (Wildman–Crippen MR) is 56.7 cm³/mol. The molecule has 0 saturated carbocycles. The first-order valence-corrected chi connectivity index (χ1v) is 4.32. The van der Waals surface area contributed by atoms with E-state index in [0.717, 1.165) is 23.9 Å². The summed E-state index contributed by atoms with van der Waals surface area (Å²) in [7, 11) is 0. The molecule has 0 amide bonds. The number of nitrogens with one attached hydrogen (secondary N) is 2. The zero-order valence-electron chi connectivity index (χ0n) is 7.81. The highest BCUT2D eigenvalue weighted by atomic mass is 15.2. The van der Waals surface area contributed by atoms with Crippen LogP contribution in [0.2, 0.25) is 0 Å². The fourth-order valence-electron chi connectivity index (χ4n) is 1.06. The van der Waals surface area contributed by atoms with Gasteiger partial charge in [0.15, 0.2) is 5.82 Å². The molecule has 0 spiro atoms. The molecule has 0 bridgehead atoms. The van der Waals surface area contributed by atoms with Crippen molar-refractivity contribution in [3.05, 3.63) is 17.8 Å². The van der Waals surface area contributed by atoms with Gasteiger partial charge in [-0.05, 0) is 19.1 Å². The Balaban J connectivity index is 0. The van der Waals surface area contributed by atoms with Gasteiger partial charge in [-0.15, -0.1) is 0 Å². The van der Waals surface area contributed by atoms with Gasteiger partial charge < -0.3 is 10.6 Å². The highest BCUT2D eigenvalue weighted by Gasteiger charge is 2.08. The molecule has 0 radical (unpaired) electrons. The average Bonchev–Trinajstić information content (AvgIpc) is 2.54. The van der Waals surface area contributed by atoms with Gasteiger partial charge in [-0.1, -0.05) is 13.8 Å². The van der Waals surface area contributed by atoms with Crippen molar-refractivity contribution in [1.82, 2.24) is 4.98 Å². The Bertz CT molecular complexity index is 266. The Morgan fingerprint density at radius 2 is 2.08 bits per heavy atom. The SMILES string of the molecule is CC.Cc1ccc2c(n1)NCN2.[HH].[HH]. The van der Waals surface area contributed by atoms with Crippen molar-refractivity contribution in [3.63, 3.8) is 0 Å². The van der Waals surface area contributed by atoms with Crippen molar-refractivity contribution < 1.29 is 2.85 Å². The minimum Gasteiger partial charge on any atom is -0.365 e. The van der Waals surface area contributed by atoms with Crippen LogP contribution in [-0.2, 0) is 0 Å². The van der Waals surface area contributed by atoms with E-state index in [4.69, 9.17) is 0 Å². The van der Waals surface area contributed by atoms with Crippen molar-refractivity contribution >= 4 is 11.5 Å². The lowest BCUT2D eigenvalue weighted by atomic mass is 10.3. The molecular formula is C9H19N3. The molecule has 1 aromatic rings. The number of aryl methyl sites for hydroxylation is 1. The maximum atomic E-state index is 4.28. The Morgan fingerprint density at radius 3 is 2.83 bits per heavy atom. The van der Waals surface area contributed by atoms with E-state index >= 15 is 0 Å². The number of rotatable bonds is 0. The van der Waals surface area contributed by atoms with Gasteiger partial charge in [0.25, 0.3) is 0 Å². The van der Waals surface area contributed by atoms with E-state index in [9.17, 15) is 0 Å². The minimum absolute atomic E-state index is 0. The van der Waals surface area contributed by atoms with Gasteiger partial charge in [0.2, 0.25) is 0 Å². The first-order valence-electron chi connectivity index (χ1n) is 4.32. The van der Waals surface area contributed by atoms with Gasteiger partial charge in [0.1, 0.15) is 0 Å². The standard InChI is InChI=1S/C7H9N3.C2H6.2H2/c1-5-2-3-6-7(10-5)9-4-8-6;1-2;;/h2-3,8H,4H2,1H3,(H,9,10);1-2H3;2*1H. The first kappa shape index (κ1) is 8.84. The van der Waals surface area contributed by atoms with E-state index in [-0.39, 0.29) is 2.85 Å². The predicted octanol–water partition coefficient (Wildman–Crippen LogP) is 2.70. The summed E-state index contributed by atoms with van der Waals surface area (Å²) in [5.41, 5.74) is 2.15. The molecule has 1 aliphatic heterocycles. The maximum absolute atomic E-state index is 4.28. The second-order valence-electron chi connectivity index (χ2n) is 2.38. The Hall–Kier alpha value is -1.25. The summed E-state index contributed by atoms with van der Waals surface area (Å²) < 4.78 is 0. The Labute approximate surface area is 76.2 Å². The molecule has 12 heavy (non-hydrogen) atoms. The molecule has 3 heteroatoms. The van der Waals surface area contributed by atoms with Crippen molar-refractivity contribution in [3.8, 4) is 0 Å². The molecule has 0 aliphatic carbocycles. The molecule has 3 nitrogen and oxygen atoms in total. The molecule has 0 aromatic carbocycles. The summed E-state index contributed by atoms with van der Waals surface area (Å²) in [4.78, 5) is 4.28. The summed E-state index contributed by atoms with van der Waals surface area (Å²) in [5.74, 6) is 0.972. The van der Waals surface area contributed by atoms with Crippen LogP contribution >= 0.6 is 0 Å². The van der Waals surface area contributed by atoms with Crippen LogP contribution in [0, 0.1) is 6.92 Å². The number of anilines is 2. The van der Waals surface area contributed by atoms with E-state index in [1.54, 1.807) is 0 Å². The van der Waals surface area contributed by atoms with Crippen LogP contribution < -0.4 is 10.6 Å². The van der Waals surface area contributed by atoms with Gasteiger partial charge in [-0.3, -0.25) is 0 Å². The third-order valence-corrected chi connectivity index (χ3v) is 1.57. The van der Waals surface area contributed by atoms with Crippen LogP contribution in [0.4, 0.5) is 11.5 Å². The topological polar surface area (TPSA) is 37.0 Å². The van der Waals surface area contributed by atoms with E-state index in [0.29, 0.717) is 0 Å². The van der Waals surface area contributed by atoms with Crippen LogP contribution in [0.25, 0.3) is 0 Å². The molecule has 1 aliphatic rings. The summed E-state index contributed by atoms with van der Waals surface area (Å²) in [6.07, 6.45) is 0. The Kier molecular flexibility index (Phi) is 2.91. The van der Waals surface area contributed by atoms with E-state index < -0.39 is 0 Å². The second kappa shape index (κ2) is 3.95. The molecule has 0 saturated heterocycles. The Morgan fingerprint density at radius 1 is 1.33 bits per heavy atom. The normalized spacial score (nSPS) is 11.9. The van der Waals surface area contributed by atoms with E-state index in [1.165, 1.54) is 0 Å². The fourth-order valence-corrected chi connectivity index (χ4v) is 1.06. The summed E-state index contributed by atoms with van der Waals surface area (Å²) in [6.45, 7) is 6.78. The lowest BCUT2D eigenvalue weighted by Gasteiger charge is -1.96. The van der Waals surface area contributed by atoms with Crippen LogP contribution in [0.3, 0.4) is 0 Å². The third kappa shape index (κ3) is 1.67. The molecule has 1 aromatic heterocycles. The number of nitrogens with zero attached hydrogens (tertiary/aromatic N) is 1. The van der Waals surface area contributed by atoms with Crippen LogP contribution in [-0.4, -0.2) is 11.7 Å². The summed E-state index contributed by atoms with van der Waals surface area (Å²) in [6, 6.07) is 4.04. The molecule has 0 fully saturated rings. The van der Waals surface area contributed by atoms with Crippen molar-refractivity contribution in [2.75, 3.05) is 17.3 Å². The number of fused-ring (bicyclic) bond motifs is 1. The van der Waals surface area contributed by atoms with Gasteiger partial charge in [-0.25, -0.2) is 4.98 Å². The molecule has 70 valence electrons.